The van der Waals surface area contributed by atoms with E-state index in [0.29, 0.717) is 6.54 Å². The molecule has 0 aliphatic heterocycles. The molecule has 1 aromatic carbocycles. The van der Waals surface area contributed by atoms with Crippen LogP contribution in [0, 0.1) is 0 Å². The number of carbonyl (C=O) groups excluding carboxylic acids is 1. The smallest absolute Gasteiger partial charge is 0.238 e. The molecule has 2 rings (SSSR count). The maximum atomic E-state index is 11.7. The zero-order chi connectivity index (χ0) is 13.0. The molecule has 0 heterocycles. The molecule has 98 valence electrons. The first kappa shape index (κ1) is 13.5. The van der Waals surface area contributed by atoms with Crippen molar-refractivity contribution in [3.05, 3.63) is 28.7 Å². The predicted octanol–water partition coefficient (Wildman–Crippen LogP) is 1.89. The number of nitrogens with one attached hydrogen (secondary N) is 2. The monoisotopic (exact) mass is 312 g/mol. The summed E-state index contributed by atoms with van der Waals surface area (Å²) >= 11 is 3.37. The zero-order valence-corrected chi connectivity index (χ0v) is 11.7. The second-order valence-corrected chi connectivity index (χ2v) is 5.56. The van der Waals surface area contributed by atoms with Crippen LogP contribution in [0.3, 0.4) is 0 Å². The first-order chi connectivity index (χ1) is 8.59. The Morgan fingerprint density at radius 1 is 1.39 bits per heavy atom. The Morgan fingerprint density at radius 3 is 2.72 bits per heavy atom. The number of anilines is 1. The van der Waals surface area contributed by atoms with Gasteiger partial charge in [-0.1, -0.05) is 12.1 Å². The number of carbonyl (C=O) groups is 1. The van der Waals surface area contributed by atoms with Gasteiger partial charge in [0.25, 0.3) is 0 Å². The quantitative estimate of drug-likeness (QED) is 0.778. The van der Waals surface area contributed by atoms with Gasteiger partial charge in [-0.25, -0.2) is 0 Å². The largest absolute Gasteiger partial charge is 0.389 e. The van der Waals surface area contributed by atoms with Crippen LogP contribution < -0.4 is 10.6 Å². The highest BCUT2D eigenvalue weighted by Crippen LogP contribution is 2.30. The summed E-state index contributed by atoms with van der Waals surface area (Å²) in [5, 5.41) is 15.6. The summed E-state index contributed by atoms with van der Waals surface area (Å²) in [6.07, 6.45) is 2.72. The van der Waals surface area contributed by atoms with E-state index in [2.05, 4.69) is 26.6 Å². The van der Waals surface area contributed by atoms with Gasteiger partial charge in [-0.15, -0.1) is 0 Å². The summed E-state index contributed by atoms with van der Waals surface area (Å²) in [6, 6.07) is 7.47. The lowest BCUT2D eigenvalue weighted by Crippen LogP contribution is -2.47. The molecule has 3 N–H and O–H groups in total. The van der Waals surface area contributed by atoms with E-state index in [1.807, 2.05) is 24.3 Å². The first-order valence-electron chi connectivity index (χ1n) is 6.07. The Balaban J connectivity index is 1.74. The van der Waals surface area contributed by atoms with E-state index in [9.17, 15) is 9.90 Å². The Morgan fingerprint density at radius 2 is 2.11 bits per heavy atom. The van der Waals surface area contributed by atoms with Gasteiger partial charge in [0.15, 0.2) is 0 Å². The van der Waals surface area contributed by atoms with Crippen molar-refractivity contribution in [2.24, 2.45) is 0 Å². The van der Waals surface area contributed by atoms with Crippen LogP contribution in [-0.4, -0.2) is 29.7 Å². The number of para-hydroxylation sites is 1. The predicted molar refractivity (Wildman–Crippen MR) is 74.4 cm³/mol. The summed E-state index contributed by atoms with van der Waals surface area (Å²) in [6.45, 7) is 0.694. The number of rotatable bonds is 5. The molecule has 1 aromatic rings. The van der Waals surface area contributed by atoms with Crippen LogP contribution in [0.25, 0.3) is 0 Å². The van der Waals surface area contributed by atoms with E-state index < -0.39 is 5.60 Å². The molecule has 1 saturated carbocycles. The lowest BCUT2D eigenvalue weighted by molar-refractivity contribution is -0.115. The minimum absolute atomic E-state index is 0.107. The van der Waals surface area contributed by atoms with E-state index in [1.54, 1.807) is 0 Å². The van der Waals surface area contributed by atoms with Gasteiger partial charge in [0.1, 0.15) is 0 Å². The maximum absolute atomic E-state index is 11.7. The van der Waals surface area contributed by atoms with Crippen molar-refractivity contribution < 1.29 is 9.90 Å². The highest BCUT2D eigenvalue weighted by molar-refractivity contribution is 9.10. The van der Waals surface area contributed by atoms with Crippen LogP contribution >= 0.6 is 15.9 Å². The number of amides is 1. The van der Waals surface area contributed by atoms with Gasteiger partial charge in [-0.05, 0) is 47.3 Å². The summed E-state index contributed by atoms with van der Waals surface area (Å²) in [7, 11) is 0. The fourth-order valence-corrected chi connectivity index (χ4v) is 2.31. The van der Waals surface area contributed by atoms with Crippen molar-refractivity contribution in [1.29, 1.82) is 0 Å². The van der Waals surface area contributed by atoms with Gasteiger partial charge < -0.3 is 15.7 Å². The van der Waals surface area contributed by atoms with Crippen molar-refractivity contribution in [3.8, 4) is 0 Å². The van der Waals surface area contributed by atoms with Gasteiger partial charge in [0.2, 0.25) is 5.91 Å². The first-order valence-corrected chi connectivity index (χ1v) is 6.86. The van der Waals surface area contributed by atoms with E-state index >= 15 is 0 Å². The van der Waals surface area contributed by atoms with Crippen LogP contribution in [0.1, 0.15) is 19.3 Å². The Labute approximate surface area is 115 Å². The molecular weight excluding hydrogens is 296 g/mol. The lowest BCUT2D eigenvalue weighted by atomic mass is 9.80. The number of hydrogen-bond acceptors (Lipinski definition) is 3. The Bertz CT molecular complexity index is 433. The molecule has 1 aliphatic rings. The summed E-state index contributed by atoms with van der Waals surface area (Å²) in [5.41, 5.74) is 0.166. The SMILES string of the molecule is O=C(CNCC1(O)CCC1)Nc1ccccc1Br. The molecule has 0 atom stereocenters. The van der Waals surface area contributed by atoms with Crippen molar-refractivity contribution in [3.63, 3.8) is 0 Å². The van der Waals surface area contributed by atoms with Crippen LogP contribution in [0.2, 0.25) is 0 Å². The molecule has 0 spiro atoms. The van der Waals surface area contributed by atoms with Gasteiger partial charge in [-0.2, -0.15) is 0 Å². The molecule has 0 bridgehead atoms. The van der Waals surface area contributed by atoms with E-state index in [-0.39, 0.29) is 12.5 Å². The Hall–Kier alpha value is -0.910. The number of aliphatic hydroxyl groups is 1. The molecule has 18 heavy (non-hydrogen) atoms. The summed E-state index contributed by atoms with van der Waals surface area (Å²) in [4.78, 5) is 11.7. The summed E-state index contributed by atoms with van der Waals surface area (Å²) < 4.78 is 0.857. The van der Waals surface area contributed by atoms with Gasteiger partial charge in [-0.3, -0.25) is 4.79 Å². The average molecular weight is 313 g/mol. The number of hydrogen-bond donors (Lipinski definition) is 3. The Kier molecular flexibility index (Phi) is 4.37. The molecule has 4 nitrogen and oxygen atoms in total. The van der Waals surface area contributed by atoms with Gasteiger partial charge in [0, 0.05) is 11.0 Å². The third-order valence-electron chi connectivity index (χ3n) is 3.17. The van der Waals surface area contributed by atoms with Gasteiger partial charge in [0.05, 0.1) is 17.8 Å². The van der Waals surface area contributed by atoms with Gasteiger partial charge >= 0.3 is 0 Å². The summed E-state index contributed by atoms with van der Waals surface area (Å²) in [5.74, 6) is -0.107. The molecule has 1 fully saturated rings. The van der Waals surface area contributed by atoms with E-state index in [0.717, 1.165) is 29.4 Å². The molecule has 0 aromatic heterocycles. The maximum Gasteiger partial charge on any atom is 0.238 e. The second kappa shape index (κ2) is 5.82. The van der Waals surface area contributed by atoms with E-state index in [1.165, 1.54) is 0 Å². The third kappa shape index (κ3) is 3.54. The third-order valence-corrected chi connectivity index (χ3v) is 3.86. The van der Waals surface area contributed by atoms with Crippen LogP contribution in [0.4, 0.5) is 5.69 Å². The van der Waals surface area contributed by atoms with Crippen LogP contribution in [0.5, 0.6) is 0 Å². The number of benzene rings is 1. The van der Waals surface area contributed by atoms with E-state index in [4.69, 9.17) is 0 Å². The molecule has 0 radical (unpaired) electrons. The van der Waals surface area contributed by atoms with Crippen LogP contribution in [0.15, 0.2) is 28.7 Å². The van der Waals surface area contributed by atoms with Crippen molar-refractivity contribution in [2.75, 3.05) is 18.4 Å². The molecule has 1 aliphatic carbocycles. The van der Waals surface area contributed by atoms with Crippen molar-refractivity contribution in [2.45, 2.75) is 24.9 Å². The molecule has 0 saturated heterocycles. The number of halogens is 1. The molecular formula is C13H17BrN2O2. The average Bonchev–Trinajstić information content (AvgIpc) is 2.30. The fraction of sp³-hybridized carbons (Fsp3) is 0.462. The fourth-order valence-electron chi connectivity index (χ4n) is 1.93. The molecule has 5 heteroatoms. The molecule has 0 unspecified atom stereocenters. The normalized spacial score (nSPS) is 17.0. The standard InChI is InChI=1S/C13H17BrN2O2/c14-10-4-1-2-5-11(10)16-12(17)8-15-9-13(18)6-3-7-13/h1-2,4-5,15,18H,3,6-9H2,(H,16,17). The minimum atomic E-state index is -0.590. The topological polar surface area (TPSA) is 61.4 Å². The second-order valence-electron chi connectivity index (χ2n) is 4.71. The van der Waals surface area contributed by atoms with Crippen molar-refractivity contribution in [1.82, 2.24) is 5.32 Å². The zero-order valence-electron chi connectivity index (χ0n) is 10.1. The molecule has 1 amide bonds. The lowest BCUT2D eigenvalue weighted by Gasteiger charge is -2.36. The highest BCUT2D eigenvalue weighted by Gasteiger charge is 2.33. The minimum Gasteiger partial charge on any atom is -0.389 e. The highest BCUT2D eigenvalue weighted by atomic mass is 79.9. The van der Waals surface area contributed by atoms with Crippen LogP contribution in [-0.2, 0) is 4.79 Å². The van der Waals surface area contributed by atoms with Crippen molar-refractivity contribution >= 4 is 27.5 Å².